The minimum atomic E-state index is 1.12. The van der Waals surface area contributed by atoms with Gasteiger partial charge in [0.15, 0.2) is 0 Å². The molecule has 0 fully saturated rings. The van der Waals surface area contributed by atoms with Crippen molar-refractivity contribution in [2.24, 2.45) is 0 Å². The van der Waals surface area contributed by atoms with Crippen molar-refractivity contribution in [1.82, 2.24) is 0 Å². The van der Waals surface area contributed by atoms with Crippen molar-refractivity contribution in [3.63, 3.8) is 0 Å². The fourth-order valence-electron chi connectivity index (χ4n) is 8.52. The van der Waals surface area contributed by atoms with Crippen molar-refractivity contribution in [3.8, 4) is 22.3 Å². The van der Waals surface area contributed by atoms with Crippen LogP contribution in [0.3, 0.4) is 0 Å². The first-order valence-corrected chi connectivity index (χ1v) is 19.3. The van der Waals surface area contributed by atoms with E-state index in [1.165, 1.54) is 91.2 Å². The smallest absolute Gasteiger partial charge is 0.0554 e. The lowest BCUT2D eigenvalue weighted by Gasteiger charge is -2.27. The Morgan fingerprint density at radius 1 is 0.315 bits per heavy atom. The Hall–Kier alpha value is -6.74. The van der Waals surface area contributed by atoms with E-state index in [9.17, 15) is 0 Å². The third-order valence-corrected chi connectivity index (χ3v) is 12.1. The Balaban J connectivity index is 1.11. The SMILES string of the molecule is c1ccc(-c2ccc(N(c3ccc(-c4cc5ccc6ccccc6c5c5ccccc45)cc3)c3cc4sc5ccccc5c4c4ccccc34)cc2)cc1. The maximum Gasteiger partial charge on any atom is 0.0554 e. The lowest BCUT2D eigenvalue weighted by Crippen LogP contribution is -2.10. The van der Waals surface area contributed by atoms with Crippen molar-refractivity contribution in [2.75, 3.05) is 4.90 Å². The summed E-state index contributed by atoms with van der Waals surface area (Å²) in [6, 6.07) is 73.4. The molecule has 10 aromatic carbocycles. The molecule has 1 aromatic heterocycles. The molecule has 0 atom stereocenters. The van der Waals surface area contributed by atoms with Crippen molar-refractivity contribution in [2.45, 2.75) is 0 Å². The van der Waals surface area contributed by atoms with Crippen molar-refractivity contribution in [3.05, 3.63) is 200 Å². The highest BCUT2D eigenvalue weighted by molar-refractivity contribution is 7.26. The van der Waals surface area contributed by atoms with Gasteiger partial charge in [-0.25, -0.2) is 0 Å². The number of hydrogen-bond donors (Lipinski definition) is 0. The predicted molar refractivity (Wildman–Crippen MR) is 235 cm³/mol. The molecule has 11 rings (SSSR count). The van der Waals surface area contributed by atoms with E-state index in [0.29, 0.717) is 0 Å². The van der Waals surface area contributed by atoms with Gasteiger partial charge in [-0.05, 0) is 102 Å². The summed E-state index contributed by atoms with van der Waals surface area (Å²) in [4.78, 5) is 2.44. The number of nitrogens with zero attached hydrogens (tertiary/aromatic N) is 1. The van der Waals surface area contributed by atoms with Gasteiger partial charge in [0.05, 0.1) is 5.69 Å². The molecule has 0 aliphatic rings. The van der Waals surface area contributed by atoms with E-state index >= 15 is 0 Å². The first kappa shape index (κ1) is 30.8. The quantitative estimate of drug-likeness (QED) is 0.161. The van der Waals surface area contributed by atoms with Crippen molar-refractivity contribution < 1.29 is 0 Å². The maximum atomic E-state index is 2.44. The lowest BCUT2D eigenvalue weighted by atomic mass is 9.90. The number of benzene rings is 10. The molecule has 0 bridgehead atoms. The summed E-state index contributed by atoms with van der Waals surface area (Å²) in [5.74, 6) is 0. The summed E-state index contributed by atoms with van der Waals surface area (Å²) >= 11 is 1.87. The largest absolute Gasteiger partial charge is 0.310 e. The van der Waals surface area contributed by atoms with Gasteiger partial charge in [-0.2, -0.15) is 0 Å². The molecule has 0 saturated heterocycles. The fourth-order valence-corrected chi connectivity index (χ4v) is 9.68. The summed E-state index contributed by atoms with van der Waals surface area (Å²) in [7, 11) is 0. The minimum Gasteiger partial charge on any atom is -0.310 e. The molecule has 11 aromatic rings. The van der Waals surface area contributed by atoms with E-state index in [2.05, 4.69) is 205 Å². The zero-order valence-electron chi connectivity index (χ0n) is 29.4. The number of anilines is 3. The van der Waals surface area contributed by atoms with Crippen LogP contribution in [0.4, 0.5) is 17.1 Å². The zero-order valence-corrected chi connectivity index (χ0v) is 30.2. The maximum absolute atomic E-state index is 2.44. The molecule has 1 heterocycles. The van der Waals surface area contributed by atoms with Crippen LogP contribution >= 0.6 is 11.3 Å². The van der Waals surface area contributed by atoms with Crippen LogP contribution in [-0.4, -0.2) is 0 Å². The Morgan fingerprint density at radius 3 is 1.59 bits per heavy atom. The molecule has 0 spiro atoms. The first-order valence-electron chi connectivity index (χ1n) is 18.5. The number of thiophene rings is 1. The molecule has 1 nitrogen and oxygen atoms in total. The molecule has 0 aliphatic carbocycles. The molecule has 2 heteroatoms. The third-order valence-electron chi connectivity index (χ3n) is 11.0. The van der Waals surface area contributed by atoms with Crippen LogP contribution in [0.5, 0.6) is 0 Å². The second-order valence-electron chi connectivity index (χ2n) is 14.1. The second kappa shape index (κ2) is 12.4. The Kier molecular flexibility index (Phi) is 7.11. The van der Waals surface area contributed by atoms with Crippen LogP contribution in [0.15, 0.2) is 200 Å². The second-order valence-corrected chi connectivity index (χ2v) is 15.1. The predicted octanol–water partition coefficient (Wildman–Crippen LogP) is 15.5. The lowest BCUT2D eigenvalue weighted by molar-refractivity contribution is 1.30. The summed E-state index contributed by atoms with van der Waals surface area (Å²) in [6.45, 7) is 0. The van der Waals surface area contributed by atoms with Gasteiger partial charge in [-0.1, -0.05) is 158 Å². The Labute approximate surface area is 317 Å². The number of fused-ring (bicyclic) bond motifs is 10. The molecule has 0 radical (unpaired) electrons. The van der Waals surface area contributed by atoms with Gasteiger partial charge in [-0.3, -0.25) is 0 Å². The molecule has 0 aliphatic heterocycles. The van der Waals surface area contributed by atoms with Gasteiger partial charge in [-0.15, -0.1) is 11.3 Å². The van der Waals surface area contributed by atoms with E-state index in [0.717, 1.165) is 11.4 Å². The molecule has 0 amide bonds. The molecule has 54 heavy (non-hydrogen) atoms. The molecular formula is C52H33NS. The number of rotatable bonds is 5. The van der Waals surface area contributed by atoms with E-state index in [4.69, 9.17) is 0 Å². The molecule has 0 unspecified atom stereocenters. The molecular weight excluding hydrogens is 671 g/mol. The zero-order chi connectivity index (χ0) is 35.6. The summed E-state index contributed by atoms with van der Waals surface area (Å²) in [5, 5.41) is 12.9. The fraction of sp³-hybridized carbons (Fsp3) is 0. The highest BCUT2D eigenvalue weighted by Gasteiger charge is 2.20. The highest BCUT2D eigenvalue weighted by atomic mass is 32.1. The van der Waals surface area contributed by atoms with Crippen molar-refractivity contribution in [1.29, 1.82) is 0 Å². The first-order chi connectivity index (χ1) is 26.8. The van der Waals surface area contributed by atoms with E-state index in [-0.39, 0.29) is 0 Å². The van der Waals surface area contributed by atoms with Crippen LogP contribution in [0.25, 0.3) is 85.5 Å². The topological polar surface area (TPSA) is 3.24 Å². The average Bonchev–Trinajstić information content (AvgIpc) is 3.63. The molecule has 0 N–H and O–H groups in total. The summed E-state index contributed by atoms with van der Waals surface area (Å²) in [5.41, 5.74) is 8.28. The van der Waals surface area contributed by atoms with Crippen LogP contribution in [-0.2, 0) is 0 Å². The van der Waals surface area contributed by atoms with Gasteiger partial charge in [0.1, 0.15) is 0 Å². The van der Waals surface area contributed by atoms with Gasteiger partial charge in [0.25, 0.3) is 0 Å². The molecule has 0 saturated carbocycles. The van der Waals surface area contributed by atoms with E-state index in [1.54, 1.807) is 0 Å². The minimum absolute atomic E-state index is 1.12. The van der Waals surface area contributed by atoms with Crippen LogP contribution in [0.1, 0.15) is 0 Å². The summed E-state index contributed by atoms with van der Waals surface area (Å²) in [6.07, 6.45) is 0. The van der Waals surface area contributed by atoms with Crippen LogP contribution in [0.2, 0.25) is 0 Å². The summed E-state index contributed by atoms with van der Waals surface area (Å²) < 4.78 is 2.61. The Morgan fingerprint density at radius 2 is 0.852 bits per heavy atom. The standard InChI is InChI=1S/C52H33NS/c1-2-12-34(13-3-1)35-24-28-39(29-25-35)53(48-33-50-52(45-19-9-7-17-43(45)48)46-20-10-11-21-49(46)54-50)40-30-26-37(27-31-40)47-32-38-23-22-36-14-4-5-15-41(36)51(38)44-18-8-6-16-42(44)47/h1-33H. The van der Waals surface area contributed by atoms with E-state index in [1.807, 2.05) is 11.3 Å². The normalized spacial score (nSPS) is 11.7. The monoisotopic (exact) mass is 703 g/mol. The van der Waals surface area contributed by atoms with Gasteiger partial charge < -0.3 is 4.90 Å². The van der Waals surface area contributed by atoms with Gasteiger partial charge in [0, 0.05) is 36.9 Å². The average molecular weight is 704 g/mol. The number of hydrogen-bond acceptors (Lipinski definition) is 2. The van der Waals surface area contributed by atoms with E-state index < -0.39 is 0 Å². The van der Waals surface area contributed by atoms with Gasteiger partial charge >= 0.3 is 0 Å². The van der Waals surface area contributed by atoms with Crippen LogP contribution in [0, 0.1) is 0 Å². The van der Waals surface area contributed by atoms with Crippen LogP contribution < -0.4 is 4.90 Å². The molecule has 252 valence electrons. The van der Waals surface area contributed by atoms with Gasteiger partial charge in [0.2, 0.25) is 0 Å². The third kappa shape index (κ3) is 4.92. The Bertz CT molecular complexity index is 3190. The van der Waals surface area contributed by atoms with Crippen molar-refractivity contribution >= 4 is 91.7 Å². The highest BCUT2D eigenvalue weighted by Crippen LogP contribution is 2.47.